The molecule has 3 unspecified atom stereocenters. The smallest absolute Gasteiger partial charge is 0.462 e. The van der Waals surface area contributed by atoms with Gasteiger partial charge in [-0.2, -0.15) is 0 Å². The van der Waals surface area contributed by atoms with Crippen molar-refractivity contribution in [1.82, 2.24) is 0 Å². The van der Waals surface area contributed by atoms with E-state index >= 15 is 0 Å². The predicted octanol–water partition coefficient (Wildman–Crippen LogP) is 20.5. The minimum absolute atomic E-state index is 0.104. The van der Waals surface area contributed by atoms with Gasteiger partial charge in [0.25, 0.3) is 0 Å². The number of ether oxygens (including phenoxy) is 4. The van der Waals surface area contributed by atoms with E-state index in [9.17, 15) is 43.2 Å². The van der Waals surface area contributed by atoms with E-state index in [1.54, 1.807) is 0 Å². The van der Waals surface area contributed by atoms with Crippen LogP contribution in [0.2, 0.25) is 0 Å². The summed E-state index contributed by atoms with van der Waals surface area (Å²) in [5, 5.41) is 10.6. The Kier molecular flexibility index (Phi) is 60.3. The van der Waals surface area contributed by atoms with Crippen LogP contribution in [0.4, 0.5) is 0 Å². The standard InChI is InChI=1S/C72H140O17P2/c1-9-65(8)51-43-35-27-19-11-13-21-30-38-46-54-71(76)88-67(58-82-69(74)52-44-36-28-20-12-10-16-24-32-40-48-62(2)3)60-86-90(78,79)84-56-66(73)57-85-91(80,81)87-61-68(89-72(77)55-47-39-31-23-15-18-26-34-42-50-64(6)7)59-83-70(75)53-45-37-29-22-14-17-25-33-41-49-63(4)5/h62-68,73H,9-61H2,1-8H3,(H,78,79)(H,80,81)/t65?,66-,67-,68-/m1/s1. The Hall–Kier alpha value is -1.94. The van der Waals surface area contributed by atoms with Gasteiger partial charge in [-0.15, -0.1) is 0 Å². The number of esters is 4. The second kappa shape index (κ2) is 61.6. The second-order valence-electron chi connectivity index (χ2n) is 27.6. The first-order chi connectivity index (χ1) is 43.6. The van der Waals surface area contributed by atoms with E-state index in [4.69, 9.17) is 37.0 Å². The van der Waals surface area contributed by atoms with Gasteiger partial charge in [0, 0.05) is 25.7 Å². The molecule has 0 radical (unpaired) electrons. The Labute approximate surface area is 556 Å². The topological polar surface area (TPSA) is 237 Å². The summed E-state index contributed by atoms with van der Waals surface area (Å²) in [4.78, 5) is 72.7. The zero-order valence-corrected chi connectivity index (χ0v) is 61.3. The zero-order valence-electron chi connectivity index (χ0n) is 59.5. The molecular formula is C72H140O17P2. The first-order valence-corrected chi connectivity index (χ1v) is 40.2. The van der Waals surface area contributed by atoms with Crippen molar-refractivity contribution in [3.63, 3.8) is 0 Å². The monoisotopic (exact) mass is 1340 g/mol. The molecule has 0 aliphatic rings. The van der Waals surface area contributed by atoms with E-state index in [-0.39, 0.29) is 25.7 Å². The Morgan fingerprint density at radius 2 is 0.527 bits per heavy atom. The lowest BCUT2D eigenvalue weighted by molar-refractivity contribution is -0.161. The summed E-state index contributed by atoms with van der Waals surface area (Å²) >= 11 is 0. The van der Waals surface area contributed by atoms with E-state index in [2.05, 4.69) is 55.4 Å². The third-order valence-electron chi connectivity index (χ3n) is 16.9. The molecule has 6 atom stereocenters. The minimum atomic E-state index is -4.95. The molecule has 0 spiro atoms. The van der Waals surface area contributed by atoms with Crippen molar-refractivity contribution in [3.05, 3.63) is 0 Å². The third-order valence-corrected chi connectivity index (χ3v) is 18.8. The van der Waals surface area contributed by atoms with Crippen LogP contribution < -0.4 is 0 Å². The summed E-state index contributed by atoms with van der Waals surface area (Å²) in [6.07, 6.45) is 44.3. The number of phosphoric ester groups is 2. The van der Waals surface area contributed by atoms with Crippen molar-refractivity contribution < 1.29 is 80.2 Å². The van der Waals surface area contributed by atoms with Gasteiger partial charge < -0.3 is 33.8 Å². The molecule has 0 saturated heterocycles. The van der Waals surface area contributed by atoms with E-state index < -0.39 is 97.5 Å². The fourth-order valence-electron chi connectivity index (χ4n) is 10.8. The van der Waals surface area contributed by atoms with Gasteiger partial charge in [-0.3, -0.25) is 37.3 Å². The fourth-order valence-corrected chi connectivity index (χ4v) is 12.4. The van der Waals surface area contributed by atoms with Crippen LogP contribution in [0.3, 0.4) is 0 Å². The molecular weight excluding hydrogens is 1200 g/mol. The van der Waals surface area contributed by atoms with Crippen LogP contribution in [0.25, 0.3) is 0 Å². The maximum Gasteiger partial charge on any atom is 0.472 e. The van der Waals surface area contributed by atoms with E-state index in [1.807, 2.05) is 0 Å². The normalized spacial score (nSPS) is 14.5. The van der Waals surface area contributed by atoms with Crippen LogP contribution in [0.1, 0.15) is 357 Å². The molecule has 0 aromatic carbocycles. The van der Waals surface area contributed by atoms with Gasteiger partial charge in [0.2, 0.25) is 0 Å². The number of aliphatic hydroxyl groups excluding tert-OH is 1. The third kappa shape index (κ3) is 65.1. The van der Waals surface area contributed by atoms with Crippen molar-refractivity contribution in [3.8, 4) is 0 Å². The number of hydrogen-bond acceptors (Lipinski definition) is 15. The molecule has 0 bridgehead atoms. The number of rotatable bonds is 69. The molecule has 0 fully saturated rings. The number of unbranched alkanes of at least 4 members (excludes halogenated alkanes) is 34. The molecule has 0 saturated carbocycles. The number of carbonyl (C=O) groups excluding carboxylic acids is 4. The van der Waals surface area contributed by atoms with Crippen LogP contribution in [0, 0.1) is 23.7 Å². The molecule has 0 aromatic rings. The Morgan fingerprint density at radius 3 is 0.780 bits per heavy atom. The Balaban J connectivity index is 5.28. The summed E-state index contributed by atoms with van der Waals surface area (Å²) in [6, 6.07) is 0. The Morgan fingerprint density at radius 1 is 0.308 bits per heavy atom. The SMILES string of the molecule is CCC(C)CCCCCCCCCCCCC(=O)O[C@H](COC(=O)CCCCCCCCCCCCC(C)C)COP(=O)(O)OC[C@@H](O)COP(=O)(O)OC[C@@H](COC(=O)CCCCCCCCCCCC(C)C)OC(=O)CCCCCCCCCCCC(C)C. The first-order valence-electron chi connectivity index (χ1n) is 37.2. The quantitative estimate of drug-likeness (QED) is 0.0222. The van der Waals surface area contributed by atoms with Crippen molar-refractivity contribution in [1.29, 1.82) is 0 Å². The number of carbonyl (C=O) groups is 4. The fraction of sp³-hybridized carbons (Fsp3) is 0.944. The lowest BCUT2D eigenvalue weighted by Gasteiger charge is -2.21. The van der Waals surface area contributed by atoms with Gasteiger partial charge in [0.1, 0.15) is 19.3 Å². The van der Waals surface area contributed by atoms with Crippen molar-refractivity contribution >= 4 is 39.5 Å². The predicted molar refractivity (Wildman–Crippen MR) is 367 cm³/mol. The van der Waals surface area contributed by atoms with Gasteiger partial charge in [-0.25, -0.2) is 9.13 Å². The molecule has 0 rings (SSSR count). The summed E-state index contributed by atoms with van der Waals surface area (Å²) in [5.74, 6) is 0.915. The molecule has 540 valence electrons. The summed E-state index contributed by atoms with van der Waals surface area (Å²) in [6.45, 7) is 14.1. The molecule has 0 aromatic heterocycles. The van der Waals surface area contributed by atoms with Gasteiger partial charge in [-0.05, 0) is 49.4 Å². The van der Waals surface area contributed by atoms with E-state index in [1.165, 1.54) is 161 Å². The molecule has 17 nitrogen and oxygen atoms in total. The van der Waals surface area contributed by atoms with Crippen molar-refractivity contribution in [2.24, 2.45) is 23.7 Å². The molecule has 0 heterocycles. The molecule has 19 heteroatoms. The lowest BCUT2D eigenvalue weighted by Crippen LogP contribution is -2.30. The highest BCUT2D eigenvalue weighted by Gasteiger charge is 2.30. The van der Waals surface area contributed by atoms with E-state index in [0.717, 1.165) is 114 Å². The van der Waals surface area contributed by atoms with Gasteiger partial charge in [0.05, 0.1) is 26.4 Å². The Bertz CT molecular complexity index is 1800. The molecule has 0 aliphatic heterocycles. The highest BCUT2D eigenvalue weighted by atomic mass is 31.2. The average Bonchev–Trinajstić information content (AvgIpc) is 2.15. The lowest BCUT2D eigenvalue weighted by atomic mass is 9.99. The maximum atomic E-state index is 13.0. The highest BCUT2D eigenvalue weighted by molar-refractivity contribution is 7.47. The van der Waals surface area contributed by atoms with Crippen LogP contribution in [-0.2, 0) is 65.4 Å². The molecule has 91 heavy (non-hydrogen) atoms. The number of hydrogen-bond donors (Lipinski definition) is 3. The van der Waals surface area contributed by atoms with E-state index in [0.29, 0.717) is 25.7 Å². The largest absolute Gasteiger partial charge is 0.472 e. The summed E-state index contributed by atoms with van der Waals surface area (Å²) in [5.41, 5.74) is 0. The summed E-state index contributed by atoms with van der Waals surface area (Å²) < 4.78 is 68.4. The molecule has 0 aliphatic carbocycles. The zero-order chi connectivity index (χ0) is 67.5. The minimum Gasteiger partial charge on any atom is -0.462 e. The average molecular weight is 1340 g/mol. The van der Waals surface area contributed by atoms with Gasteiger partial charge in [-0.1, -0.05) is 306 Å². The van der Waals surface area contributed by atoms with Crippen LogP contribution in [0.5, 0.6) is 0 Å². The summed E-state index contributed by atoms with van der Waals surface area (Å²) in [7, 11) is -9.91. The van der Waals surface area contributed by atoms with Crippen LogP contribution in [-0.4, -0.2) is 96.7 Å². The number of phosphoric acid groups is 2. The molecule has 0 amide bonds. The maximum absolute atomic E-state index is 13.0. The van der Waals surface area contributed by atoms with Gasteiger partial charge >= 0.3 is 39.5 Å². The number of aliphatic hydroxyl groups is 1. The van der Waals surface area contributed by atoms with Crippen molar-refractivity contribution in [2.75, 3.05) is 39.6 Å². The van der Waals surface area contributed by atoms with Crippen LogP contribution in [0.15, 0.2) is 0 Å². The highest BCUT2D eigenvalue weighted by Crippen LogP contribution is 2.45. The first kappa shape index (κ1) is 89.1. The molecule has 3 N–H and O–H groups in total. The van der Waals surface area contributed by atoms with Gasteiger partial charge in [0.15, 0.2) is 12.2 Å². The van der Waals surface area contributed by atoms with Crippen LogP contribution >= 0.6 is 15.6 Å². The second-order valence-corrected chi connectivity index (χ2v) is 30.6. The van der Waals surface area contributed by atoms with Crippen molar-refractivity contribution in [2.45, 2.75) is 375 Å².